The van der Waals surface area contributed by atoms with Crippen LogP contribution in [0, 0.1) is 6.92 Å². The summed E-state index contributed by atoms with van der Waals surface area (Å²) < 4.78 is 9.99. The maximum Gasteiger partial charge on any atom is 0.408 e. The summed E-state index contributed by atoms with van der Waals surface area (Å²) in [4.78, 5) is 36.7. The molecule has 1 unspecified atom stereocenters. The highest BCUT2D eigenvalue weighted by Crippen LogP contribution is 2.21. The summed E-state index contributed by atoms with van der Waals surface area (Å²) in [5.41, 5.74) is 1.84. The number of amides is 2. The number of hydrogen-bond acceptors (Lipinski definition) is 5. The summed E-state index contributed by atoms with van der Waals surface area (Å²) in [6.07, 6.45) is -0.508. The van der Waals surface area contributed by atoms with Crippen LogP contribution in [0.1, 0.15) is 42.3 Å². The zero-order valence-corrected chi connectivity index (χ0v) is 19.0. The van der Waals surface area contributed by atoms with Gasteiger partial charge in [-0.3, -0.25) is 4.79 Å². The third-order valence-electron chi connectivity index (χ3n) is 4.28. The van der Waals surface area contributed by atoms with Crippen molar-refractivity contribution in [3.63, 3.8) is 0 Å². The first-order valence-electron chi connectivity index (χ1n) is 9.73. The Kier molecular flexibility index (Phi) is 8.05. The maximum absolute atomic E-state index is 12.6. The third-order valence-corrected chi connectivity index (χ3v) is 4.59. The van der Waals surface area contributed by atoms with Crippen molar-refractivity contribution >= 4 is 35.3 Å². The molecule has 0 saturated heterocycles. The van der Waals surface area contributed by atoms with Gasteiger partial charge in [-0.05, 0) is 57.0 Å². The van der Waals surface area contributed by atoms with Crippen LogP contribution in [0.15, 0.2) is 42.5 Å². The highest BCUT2D eigenvalue weighted by Gasteiger charge is 2.25. The monoisotopic (exact) mass is 446 g/mol. The highest BCUT2D eigenvalue weighted by molar-refractivity contribution is 6.34. The van der Waals surface area contributed by atoms with Gasteiger partial charge in [0, 0.05) is 12.1 Å². The van der Waals surface area contributed by atoms with Gasteiger partial charge in [0.25, 0.3) is 5.91 Å². The lowest BCUT2D eigenvalue weighted by molar-refractivity contribution is -0.143. The molecule has 0 bridgehead atoms. The van der Waals surface area contributed by atoms with Crippen molar-refractivity contribution in [1.29, 1.82) is 0 Å². The lowest BCUT2D eigenvalue weighted by Crippen LogP contribution is -2.45. The predicted octanol–water partition coefficient (Wildman–Crippen LogP) is 4.51. The van der Waals surface area contributed by atoms with Gasteiger partial charge < -0.3 is 20.1 Å². The fourth-order valence-electron chi connectivity index (χ4n) is 2.86. The van der Waals surface area contributed by atoms with E-state index in [1.54, 1.807) is 57.2 Å². The van der Waals surface area contributed by atoms with E-state index in [0.717, 1.165) is 11.1 Å². The van der Waals surface area contributed by atoms with E-state index in [-0.39, 0.29) is 12.3 Å². The van der Waals surface area contributed by atoms with Crippen LogP contribution in [0.4, 0.5) is 10.5 Å². The van der Waals surface area contributed by atoms with E-state index in [0.29, 0.717) is 16.3 Å². The van der Waals surface area contributed by atoms with Crippen molar-refractivity contribution in [1.82, 2.24) is 5.32 Å². The number of halogens is 1. The zero-order chi connectivity index (χ0) is 23.2. The molecule has 0 saturated carbocycles. The number of aryl methyl sites for hydroxylation is 1. The van der Waals surface area contributed by atoms with Crippen molar-refractivity contribution in [3.05, 3.63) is 64.2 Å². The first kappa shape index (κ1) is 24.2. The van der Waals surface area contributed by atoms with Crippen LogP contribution in [-0.2, 0) is 20.7 Å². The molecule has 0 aromatic heterocycles. The van der Waals surface area contributed by atoms with Crippen molar-refractivity contribution in [3.8, 4) is 0 Å². The minimum absolute atomic E-state index is 0.198. The second-order valence-corrected chi connectivity index (χ2v) is 8.42. The van der Waals surface area contributed by atoms with Gasteiger partial charge in [0.2, 0.25) is 0 Å². The zero-order valence-electron chi connectivity index (χ0n) is 18.2. The number of anilines is 1. The van der Waals surface area contributed by atoms with Crippen LogP contribution >= 0.6 is 11.6 Å². The van der Waals surface area contributed by atoms with Gasteiger partial charge in [0.1, 0.15) is 11.6 Å². The number of ether oxygens (including phenoxy) is 2. The molecule has 0 fully saturated rings. The Morgan fingerprint density at radius 3 is 2.26 bits per heavy atom. The van der Waals surface area contributed by atoms with E-state index < -0.39 is 23.7 Å². The van der Waals surface area contributed by atoms with Gasteiger partial charge in [0.15, 0.2) is 0 Å². The molecule has 31 heavy (non-hydrogen) atoms. The lowest BCUT2D eigenvalue weighted by Gasteiger charge is -2.22. The van der Waals surface area contributed by atoms with E-state index in [1.807, 2.05) is 13.0 Å². The molecule has 2 amide bonds. The number of carbonyl (C=O) groups excluding carboxylic acids is 3. The predicted molar refractivity (Wildman–Crippen MR) is 119 cm³/mol. The van der Waals surface area contributed by atoms with Gasteiger partial charge in [0.05, 0.1) is 17.7 Å². The first-order valence-corrected chi connectivity index (χ1v) is 10.1. The number of methoxy groups -OCH3 is 1. The molecule has 0 heterocycles. The summed E-state index contributed by atoms with van der Waals surface area (Å²) in [5, 5.41) is 5.72. The number of nitrogens with one attached hydrogen (secondary N) is 2. The molecule has 2 N–H and O–H groups in total. The summed E-state index contributed by atoms with van der Waals surface area (Å²) in [7, 11) is 1.25. The van der Waals surface area contributed by atoms with Crippen LogP contribution in [0.2, 0.25) is 5.02 Å². The SMILES string of the molecule is COC(=O)C(Cc1ccc(NC(=O)c2c(C)cccc2Cl)cc1)NC(=O)OC(C)(C)C. The van der Waals surface area contributed by atoms with Crippen molar-refractivity contribution < 1.29 is 23.9 Å². The third kappa shape index (κ3) is 7.29. The molecule has 166 valence electrons. The van der Waals surface area contributed by atoms with Gasteiger partial charge in [-0.2, -0.15) is 0 Å². The molecular formula is C23H27ClN2O5. The summed E-state index contributed by atoms with van der Waals surface area (Å²) in [6, 6.07) is 11.3. The summed E-state index contributed by atoms with van der Waals surface area (Å²) >= 11 is 6.15. The lowest BCUT2D eigenvalue weighted by atomic mass is 10.1. The fourth-order valence-corrected chi connectivity index (χ4v) is 3.17. The topological polar surface area (TPSA) is 93.7 Å². The smallest absolute Gasteiger partial charge is 0.408 e. The van der Waals surface area contributed by atoms with Crippen LogP contribution in [0.25, 0.3) is 0 Å². The van der Waals surface area contributed by atoms with Crippen LogP contribution in [0.3, 0.4) is 0 Å². The Bertz CT molecular complexity index is 931. The Morgan fingerprint density at radius 1 is 1.06 bits per heavy atom. The second kappa shape index (κ2) is 10.3. The molecule has 0 radical (unpaired) electrons. The minimum atomic E-state index is -0.911. The Balaban J connectivity index is 2.07. The molecule has 2 aromatic carbocycles. The van der Waals surface area contributed by atoms with Crippen LogP contribution in [-0.4, -0.2) is 36.7 Å². The van der Waals surface area contributed by atoms with E-state index >= 15 is 0 Å². The number of alkyl carbamates (subject to hydrolysis) is 1. The molecule has 1 atom stereocenters. The Morgan fingerprint density at radius 2 is 1.71 bits per heavy atom. The van der Waals surface area contributed by atoms with E-state index in [9.17, 15) is 14.4 Å². The fraction of sp³-hybridized carbons (Fsp3) is 0.348. The Labute approximate surface area is 187 Å². The first-order chi connectivity index (χ1) is 14.5. The van der Waals surface area contributed by atoms with Gasteiger partial charge in [-0.15, -0.1) is 0 Å². The van der Waals surface area contributed by atoms with E-state index in [2.05, 4.69) is 10.6 Å². The Hall–Kier alpha value is -3.06. The number of benzene rings is 2. The summed E-state index contributed by atoms with van der Waals surface area (Å²) in [6.45, 7) is 7.01. The molecule has 2 rings (SSSR count). The van der Waals surface area contributed by atoms with Crippen LogP contribution in [0.5, 0.6) is 0 Å². The molecule has 7 nitrogen and oxygen atoms in total. The molecule has 0 aliphatic carbocycles. The number of esters is 1. The van der Waals surface area contributed by atoms with Gasteiger partial charge in [-0.25, -0.2) is 9.59 Å². The van der Waals surface area contributed by atoms with Gasteiger partial charge >= 0.3 is 12.1 Å². The summed E-state index contributed by atoms with van der Waals surface area (Å²) in [5.74, 6) is -0.896. The minimum Gasteiger partial charge on any atom is -0.467 e. The highest BCUT2D eigenvalue weighted by atomic mass is 35.5. The molecule has 0 aliphatic heterocycles. The molecule has 8 heteroatoms. The van der Waals surface area contributed by atoms with E-state index in [4.69, 9.17) is 21.1 Å². The standard InChI is InChI=1S/C23H27ClN2O5/c1-14-7-6-8-17(24)19(14)20(27)25-16-11-9-15(10-12-16)13-18(21(28)30-5)26-22(29)31-23(2,3)4/h6-12,18H,13H2,1-5H3,(H,25,27)(H,26,29). The largest absolute Gasteiger partial charge is 0.467 e. The molecule has 2 aromatic rings. The van der Waals surface area contributed by atoms with E-state index in [1.165, 1.54) is 7.11 Å². The van der Waals surface area contributed by atoms with Gasteiger partial charge in [-0.1, -0.05) is 35.9 Å². The normalized spacial score (nSPS) is 11.9. The number of rotatable bonds is 6. The van der Waals surface area contributed by atoms with Crippen molar-refractivity contribution in [2.24, 2.45) is 0 Å². The van der Waals surface area contributed by atoms with Crippen LogP contribution < -0.4 is 10.6 Å². The number of carbonyl (C=O) groups is 3. The quantitative estimate of drug-likeness (QED) is 0.637. The van der Waals surface area contributed by atoms with Crippen molar-refractivity contribution in [2.75, 3.05) is 12.4 Å². The molecule has 0 spiro atoms. The number of hydrogen-bond donors (Lipinski definition) is 2. The molecule has 0 aliphatic rings. The molecular weight excluding hydrogens is 420 g/mol. The van der Waals surface area contributed by atoms with Crippen molar-refractivity contribution in [2.45, 2.75) is 45.8 Å². The average molecular weight is 447 g/mol. The second-order valence-electron chi connectivity index (χ2n) is 8.01. The average Bonchev–Trinajstić information content (AvgIpc) is 2.66. The maximum atomic E-state index is 12.6.